The van der Waals surface area contributed by atoms with E-state index in [1.54, 1.807) is 7.11 Å². The number of nitrogens with zero attached hydrogens (tertiary/aromatic N) is 3. The van der Waals surface area contributed by atoms with E-state index in [1.165, 1.54) is 43.2 Å². The average molecular weight is 517 g/mol. The molecule has 1 N–H and O–H groups in total. The summed E-state index contributed by atoms with van der Waals surface area (Å²) in [5.74, 6) is 2.92. The summed E-state index contributed by atoms with van der Waals surface area (Å²) < 4.78 is 5.36. The molecule has 2 aromatic rings. The molecule has 5 rings (SSSR count). The van der Waals surface area contributed by atoms with Gasteiger partial charge in [0.15, 0.2) is 5.96 Å². The highest BCUT2D eigenvalue weighted by molar-refractivity contribution is 5.85. The van der Waals surface area contributed by atoms with Crippen LogP contribution in [0, 0.1) is 5.92 Å². The molecule has 1 saturated heterocycles. The Hall–Kier alpha value is -3.02. The third-order valence-corrected chi connectivity index (χ3v) is 8.57. The standard InChI is InChI=1S/C32H44N4O2/c1-24(34-31(37)18-15-25-9-5-3-6-10-25)22-35-29(20-27-13-16-30(38-2)17-14-27)23-36-28(21-33-32(35)36)19-26-11-7-4-8-12-26/h4,7-8,11-14,16-17,24-25,28-29H,3,5-6,9-10,15,18-23H2,1-2H3,(H,34,37)/t24-,28-,29-/m0/s1. The molecule has 0 unspecified atom stereocenters. The largest absolute Gasteiger partial charge is 0.497 e. The first-order valence-electron chi connectivity index (χ1n) is 14.6. The highest BCUT2D eigenvalue weighted by Gasteiger charge is 2.42. The van der Waals surface area contributed by atoms with Gasteiger partial charge in [-0.05, 0) is 55.4 Å². The van der Waals surface area contributed by atoms with E-state index < -0.39 is 0 Å². The van der Waals surface area contributed by atoms with E-state index >= 15 is 0 Å². The van der Waals surface area contributed by atoms with E-state index in [1.807, 2.05) is 12.1 Å². The van der Waals surface area contributed by atoms with Crippen LogP contribution in [0.25, 0.3) is 0 Å². The predicted molar refractivity (Wildman–Crippen MR) is 154 cm³/mol. The summed E-state index contributed by atoms with van der Waals surface area (Å²) in [5.41, 5.74) is 2.66. The minimum absolute atomic E-state index is 0.0723. The van der Waals surface area contributed by atoms with Crippen LogP contribution in [0.1, 0.15) is 63.0 Å². The van der Waals surface area contributed by atoms with Crippen molar-refractivity contribution in [2.24, 2.45) is 10.9 Å². The Morgan fingerprint density at radius 1 is 1.00 bits per heavy atom. The summed E-state index contributed by atoms with van der Waals surface area (Å²) in [4.78, 5) is 22.8. The summed E-state index contributed by atoms with van der Waals surface area (Å²) in [5, 5.41) is 3.31. The molecule has 6 nitrogen and oxygen atoms in total. The Morgan fingerprint density at radius 3 is 2.45 bits per heavy atom. The number of methoxy groups -OCH3 is 1. The van der Waals surface area contributed by atoms with Crippen LogP contribution in [-0.2, 0) is 17.6 Å². The third-order valence-electron chi connectivity index (χ3n) is 8.57. The lowest BCUT2D eigenvalue weighted by atomic mass is 9.86. The van der Waals surface area contributed by atoms with Crippen molar-refractivity contribution in [2.45, 2.75) is 82.8 Å². The molecule has 3 atom stereocenters. The van der Waals surface area contributed by atoms with E-state index in [4.69, 9.17) is 9.73 Å². The Morgan fingerprint density at radius 2 is 1.71 bits per heavy atom. The molecule has 6 heteroatoms. The Labute approximate surface area is 228 Å². The van der Waals surface area contributed by atoms with Crippen molar-refractivity contribution in [1.29, 1.82) is 0 Å². The van der Waals surface area contributed by atoms with Crippen molar-refractivity contribution >= 4 is 11.9 Å². The van der Waals surface area contributed by atoms with Crippen LogP contribution >= 0.6 is 0 Å². The highest BCUT2D eigenvalue weighted by Crippen LogP contribution is 2.29. The fourth-order valence-corrected chi connectivity index (χ4v) is 6.51. The van der Waals surface area contributed by atoms with E-state index in [9.17, 15) is 4.79 Å². The van der Waals surface area contributed by atoms with E-state index in [0.29, 0.717) is 18.5 Å². The second-order valence-corrected chi connectivity index (χ2v) is 11.5. The topological polar surface area (TPSA) is 57.2 Å². The molecule has 2 aromatic carbocycles. The normalized spacial score (nSPS) is 22.2. The Bertz CT molecular complexity index is 1060. The summed E-state index contributed by atoms with van der Waals surface area (Å²) in [6, 6.07) is 19.9. The summed E-state index contributed by atoms with van der Waals surface area (Å²) >= 11 is 0. The summed E-state index contributed by atoms with van der Waals surface area (Å²) in [7, 11) is 1.71. The van der Waals surface area contributed by atoms with Crippen molar-refractivity contribution in [1.82, 2.24) is 15.1 Å². The van der Waals surface area contributed by atoms with Gasteiger partial charge in [-0.3, -0.25) is 9.79 Å². The maximum atomic E-state index is 12.8. The number of carbonyl (C=O) groups excluding carboxylic acids is 1. The average Bonchev–Trinajstić information content (AvgIpc) is 3.48. The number of amides is 1. The van der Waals surface area contributed by atoms with Gasteiger partial charge >= 0.3 is 0 Å². The lowest BCUT2D eigenvalue weighted by Gasteiger charge is -2.29. The smallest absolute Gasteiger partial charge is 0.220 e. The van der Waals surface area contributed by atoms with Gasteiger partial charge in [-0.1, -0.05) is 74.6 Å². The first-order valence-corrected chi connectivity index (χ1v) is 14.6. The van der Waals surface area contributed by atoms with E-state index in [2.05, 4.69) is 64.5 Å². The van der Waals surface area contributed by atoms with Crippen LogP contribution in [-0.4, -0.2) is 66.5 Å². The number of hydrogen-bond donors (Lipinski definition) is 1. The molecule has 204 valence electrons. The zero-order valence-electron chi connectivity index (χ0n) is 23.1. The Balaban J connectivity index is 1.23. The molecular weight excluding hydrogens is 472 g/mol. The summed E-state index contributed by atoms with van der Waals surface area (Å²) in [6.07, 6.45) is 10.2. The lowest BCUT2D eigenvalue weighted by Crippen LogP contribution is -2.46. The molecule has 1 saturated carbocycles. The second-order valence-electron chi connectivity index (χ2n) is 11.5. The van der Waals surface area contributed by atoms with Crippen LogP contribution in [0.4, 0.5) is 0 Å². The monoisotopic (exact) mass is 516 g/mol. The molecule has 3 aliphatic rings. The first kappa shape index (κ1) is 26.6. The van der Waals surface area contributed by atoms with Gasteiger partial charge < -0.3 is 19.9 Å². The maximum absolute atomic E-state index is 12.8. The summed E-state index contributed by atoms with van der Waals surface area (Å²) in [6.45, 7) is 4.72. The van der Waals surface area contributed by atoms with Crippen molar-refractivity contribution in [3.05, 3.63) is 65.7 Å². The van der Waals surface area contributed by atoms with Gasteiger partial charge in [0, 0.05) is 25.6 Å². The molecule has 1 aliphatic carbocycles. The maximum Gasteiger partial charge on any atom is 0.220 e. The van der Waals surface area contributed by atoms with Gasteiger partial charge in [0.25, 0.3) is 0 Å². The van der Waals surface area contributed by atoms with E-state index in [0.717, 1.165) is 56.5 Å². The number of aliphatic imine (C=N–C) groups is 1. The first-order chi connectivity index (χ1) is 18.6. The molecule has 0 spiro atoms. The number of fused-ring (bicyclic) bond motifs is 1. The van der Waals surface area contributed by atoms with Crippen LogP contribution in [0.3, 0.4) is 0 Å². The van der Waals surface area contributed by atoms with Gasteiger partial charge in [0.1, 0.15) is 5.75 Å². The second kappa shape index (κ2) is 12.7. The number of nitrogens with one attached hydrogen (secondary N) is 1. The van der Waals surface area contributed by atoms with Crippen LogP contribution in [0.15, 0.2) is 59.6 Å². The molecule has 2 heterocycles. The fraction of sp³-hybridized carbons (Fsp3) is 0.562. The van der Waals surface area contributed by atoms with Crippen molar-refractivity contribution < 1.29 is 9.53 Å². The molecule has 0 bridgehead atoms. The molecule has 0 radical (unpaired) electrons. The quantitative estimate of drug-likeness (QED) is 0.453. The number of benzene rings is 2. The minimum Gasteiger partial charge on any atom is -0.497 e. The number of carbonyl (C=O) groups is 1. The molecule has 2 aliphatic heterocycles. The molecule has 38 heavy (non-hydrogen) atoms. The van der Waals surface area contributed by atoms with Crippen LogP contribution < -0.4 is 10.1 Å². The van der Waals surface area contributed by atoms with Gasteiger partial charge in [-0.25, -0.2) is 0 Å². The highest BCUT2D eigenvalue weighted by atomic mass is 16.5. The third kappa shape index (κ3) is 6.69. The molecule has 1 amide bonds. The zero-order valence-corrected chi connectivity index (χ0v) is 23.1. The molecule has 2 fully saturated rings. The fourth-order valence-electron chi connectivity index (χ4n) is 6.51. The van der Waals surface area contributed by atoms with E-state index in [-0.39, 0.29) is 11.9 Å². The van der Waals surface area contributed by atoms with Crippen LogP contribution in [0.2, 0.25) is 0 Å². The number of guanidine groups is 1. The lowest BCUT2D eigenvalue weighted by molar-refractivity contribution is -0.122. The van der Waals surface area contributed by atoms with Gasteiger partial charge in [-0.15, -0.1) is 0 Å². The number of hydrogen-bond acceptors (Lipinski definition) is 5. The Kier molecular flexibility index (Phi) is 8.87. The molecular formula is C32H44N4O2. The van der Waals surface area contributed by atoms with Crippen molar-refractivity contribution in [2.75, 3.05) is 26.7 Å². The zero-order chi connectivity index (χ0) is 26.3. The number of ether oxygens (including phenoxy) is 1. The van der Waals surface area contributed by atoms with Gasteiger partial charge in [-0.2, -0.15) is 0 Å². The van der Waals surface area contributed by atoms with Crippen LogP contribution in [0.5, 0.6) is 5.75 Å². The minimum atomic E-state index is 0.0723. The predicted octanol–water partition coefficient (Wildman–Crippen LogP) is 5.07. The SMILES string of the molecule is COc1ccc(C[C@H]2CN3C(=NC[C@@H]3Cc3ccccc3)N2C[C@H](C)NC(=O)CCC2CCCCC2)cc1. The number of rotatable bonds is 11. The van der Waals surface area contributed by atoms with Gasteiger partial charge in [0.2, 0.25) is 5.91 Å². The van der Waals surface area contributed by atoms with Crippen molar-refractivity contribution in [3.8, 4) is 5.75 Å². The van der Waals surface area contributed by atoms with Gasteiger partial charge in [0.05, 0.1) is 25.7 Å². The molecule has 0 aromatic heterocycles. The van der Waals surface area contributed by atoms with Crippen molar-refractivity contribution in [3.63, 3.8) is 0 Å².